The first-order valence-electron chi connectivity index (χ1n) is 8.14. The van der Waals surface area contributed by atoms with Crippen LogP contribution in [0.15, 0.2) is 48.5 Å². The number of benzene rings is 2. The average Bonchev–Trinajstić information content (AvgIpc) is 2.64. The number of para-hydroxylation sites is 2. The number of carbonyl (C=O) groups excluding carboxylic acids is 2. The minimum atomic E-state index is -1.16. The number of aromatic hydroxyl groups is 2. The Morgan fingerprint density at radius 1 is 1.15 bits per heavy atom. The number of rotatable bonds is 9. The Bertz CT molecular complexity index is 731. The summed E-state index contributed by atoms with van der Waals surface area (Å²) >= 11 is 0. The molecule has 26 heavy (non-hydrogen) atoms. The summed E-state index contributed by atoms with van der Waals surface area (Å²) in [5.74, 6) is -0.423. The number of esters is 1. The van der Waals surface area contributed by atoms with Crippen molar-refractivity contribution in [1.29, 1.82) is 0 Å². The smallest absolute Gasteiger partial charge is 0.323 e. The maximum atomic E-state index is 12.2. The third-order valence-corrected chi connectivity index (χ3v) is 3.56. The molecule has 1 unspecified atom stereocenters. The molecule has 0 bridgehead atoms. The van der Waals surface area contributed by atoms with E-state index in [2.05, 4.69) is 5.32 Å². The predicted octanol–water partition coefficient (Wildman–Crippen LogP) is 1.77. The van der Waals surface area contributed by atoms with Gasteiger partial charge in [0.1, 0.15) is 11.8 Å². The van der Waals surface area contributed by atoms with Crippen molar-refractivity contribution in [1.82, 2.24) is 5.32 Å². The first-order chi connectivity index (χ1) is 12.5. The van der Waals surface area contributed by atoms with Gasteiger partial charge in [0.2, 0.25) is 6.23 Å². The summed E-state index contributed by atoms with van der Waals surface area (Å²) < 4.78 is 10.5. The van der Waals surface area contributed by atoms with Crippen LogP contribution in [0.25, 0.3) is 0 Å². The summed E-state index contributed by atoms with van der Waals surface area (Å²) in [4.78, 5) is 23.6. The zero-order valence-corrected chi connectivity index (χ0v) is 14.3. The van der Waals surface area contributed by atoms with Crippen LogP contribution in [0.2, 0.25) is 0 Å². The Morgan fingerprint density at radius 2 is 1.85 bits per heavy atom. The second-order valence-electron chi connectivity index (χ2n) is 5.48. The van der Waals surface area contributed by atoms with Crippen molar-refractivity contribution in [3.05, 3.63) is 54.1 Å². The molecule has 0 spiro atoms. The van der Waals surface area contributed by atoms with Gasteiger partial charge in [-0.15, -0.1) is 0 Å². The van der Waals surface area contributed by atoms with E-state index < -0.39 is 18.2 Å². The second kappa shape index (κ2) is 9.43. The molecule has 0 aliphatic rings. The van der Waals surface area contributed by atoms with Gasteiger partial charge in [0, 0.05) is 0 Å². The lowest BCUT2D eigenvalue weighted by atomic mass is 10.1. The van der Waals surface area contributed by atoms with Crippen LogP contribution in [0.3, 0.4) is 0 Å². The molecule has 2 atom stereocenters. The van der Waals surface area contributed by atoms with Crippen LogP contribution in [0, 0.1) is 0 Å². The van der Waals surface area contributed by atoms with Crippen LogP contribution < -0.4 is 10.1 Å². The molecule has 138 valence electrons. The van der Waals surface area contributed by atoms with Gasteiger partial charge >= 0.3 is 5.97 Å². The van der Waals surface area contributed by atoms with E-state index in [1.54, 1.807) is 31.2 Å². The van der Waals surface area contributed by atoms with Crippen molar-refractivity contribution in [2.45, 2.75) is 25.6 Å². The van der Waals surface area contributed by atoms with Crippen molar-refractivity contribution >= 4 is 12.3 Å². The van der Waals surface area contributed by atoms with Crippen molar-refractivity contribution < 1.29 is 29.3 Å². The van der Waals surface area contributed by atoms with Crippen molar-refractivity contribution in [2.75, 3.05) is 6.61 Å². The standard InChI is InChI=1S/C19H21NO6/c1-2-25-19(24)15(11-13-7-9-14(22)10-8-13)20-18(12-21)26-17-6-4-3-5-16(17)23/h3-10,12,15,18,20,22-23H,2,11H2,1H3/t15-,18?/m0/s1. The monoisotopic (exact) mass is 359 g/mol. The molecule has 0 aromatic heterocycles. The van der Waals surface area contributed by atoms with E-state index in [-0.39, 0.29) is 30.3 Å². The van der Waals surface area contributed by atoms with Gasteiger partial charge in [-0.05, 0) is 43.2 Å². The molecule has 0 aliphatic heterocycles. The number of hydrogen-bond acceptors (Lipinski definition) is 7. The molecular weight excluding hydrogens is 338 g/mol. The number of phenols is 2. The fourth-order valence-corrected chi connectivity index (χ4v) is 2.31. The first kappa shape index (κ1) is 19.3. The number of phenolic OH excluding ortho intramolecular Hbond substituents is 2. The van der Waals surface area contributed by atoms with Gasteiger partial charge in [0.25, 0.3) is 0 Å². The Hall–Kier alpha value is -3.06. The summed E-state index contributed by atoms with van der Waals surface area (Å²) in [6, 6.07) is 11.7. The minimum Gasteiger partial charge on any atom is -0.508 e. The molecule has 0 radical (unpaired) electrons. The summed E-state index contributed by atoms with van der Waals surface area (Å²) in [7, 11) is 0. The summed E-state index contributed by atoms with van der Waals surface area (Å²) in [6.07, 6.45) is -0.432. The third-order valence-electron chi connectivity index (χ3n) is 3.56. The summed E-state index contributed by atoms with van der Waals surface area (Å²) in [5.41, 5.74) is 0.764. The molecule has 7 heteroatoms. The molecule has 2 aromatic carbocycles. The Labute approximate surface area is 151 Å². The molecule has 2 rings (SSSR count). The van der Waals surface area contributed by atoms with Gasteiger partial charge in [-0.2, -0.15) is 0 Å². The molecular formula is C19H21NO6. The molecule has 0 fully saturated rings. The molecule has 0 heterocycles. The number of hydrogen-bond donors (Lipinski definition) is 3. The molecule has 0 saturated carbocycles. The molecule has 0 saturated heterocycles. The number of aldehydes is 1. The highest BCUT2D eigenvalue weighted by Crippen LogP contribution is 2.25. The third kappa shape index (κ3) is 5.49. The zero-order chi connectivity index (χ0) is 18.9. The number of ether oxygens (including phenoxy) is 2. The van der Waals surface area contributed by atoms with Crippen LogP contribution in [0.4, 0.5) is 0 Å². The SMILES string of the molecule is CCOC(=O)[C@H](Cc1ccc(O)cc1)NC(C=O)Oc1ccccc1O. The largest absolute Gasteiger partial charge is 0.508 e. The Morgan fingerprint density at radius 3 is 2.46 bits per heavy atom. The second-order valence-corrected chi connectivity index (χ2v) is 5.48. The maximum Gasteiger partial charge on any atom is 0.323 e. The van der Waals surface area contributed by atoms with E-state index in [0.29, 0.717) is 6.29 Å². The van der Waals surface area contributed by atoms with Gasteiger partial charge in [0.05, 0.1) is 6.61 Å². The highest BCUT2D eigenvalue weighted by Gasteiger charge is 2.25. The topological polar surface area (TPSA) is 105 Å². The zero-order valence-electron chi connectivity index (χ0n) is 14.3. The minimum absolute atomic E-state index is 0.114. The Kier molecular flexibility index (Phi) is 6.99. The van der Waals surface area contributed by atoms with E-state index in [9.17, 15) is 19.8 Å². The normalized spacial score (nSPS) is 12.8. The van der Waals surface area contributed by atoms with Gasteiger partial charge in [-0.25, -0.2) is 0 Å². The predicted molar refractivity (Wildman–Crippen MR) is 94.0 cm³/mol. The van der Waals surface area contributed by atoms with Crippen LogP contribution in [0.5, 0.6) is 17.2 Å². The summed E-state index contributed by atoms with van der Waals surface area (Å²) in [6.45, 7) is 1.88. The van der Waals surface area contributed by atoms with Gasteiger partial charge < -0.3 is 19.7 Å². The van der Waals surface area contributed by atoms with Crippen LogP contribution in [-0.2, 0) is 20.7 Å². The lowest BCUT2D eigenvalue weighted by Gasteiger charge is -2.22. The van der Waals surface area contributed by atoms with E-state index >= 15 is 0 Å². The highest BCUT2D eigenvalue weighted by atomic mass is 16.5. The molecule has 3 N–H and O–H groups in total. The van der Waals surface area contributed by atoms with Gasteiger partial charge in [-0.1, -0.05) is 24.3 Å². The van der Waals surface area contributed by atoms with Crippen LogP contribution in [0.1, 0.15) is 12.5 Å². The molecule has 0 aliphatic carbocycles. The van der Waals surface area contributed by atoms with Crippen molar-refractivity contribution in [3.8, 4) is 17.2 Å². The first-order valence-corrected chi connectivity index (χ1v) is 8.14. The van der Waals surface area contributed by atoms with E-state index in [0.717, 1.165) is 5.56 Å². The van der Waals surface area contributed by atoms with Crippen molar-refractivity contribution in [2.24, 2.45) is 0 Å². The van der Waals surface area contributed by atoms with E-state index in [1.807, 2.05) is 0 Å². The van der Waals surface area contributed by atoms with Gasteiger partial charge in [0.15, 0.2) is 17.8 Å². The average molecular weight is 359 g/mol. The maximum absolute atomic E-state index is 12.2. The lowest BCUT2D eigenvalue weighted by molar-refractivity contribution is -0.146. The van der Waals surface area contributed by atoms with E-state index in [4.69, 9.17) is 9.47 Å². The highest BCUT2D eigenvalue weighted by molar-refractivity contribution is 5.77. The molecule has 2 aromatic rings. The number of nitrogens with one attached hydrogen (secondary N) is 1. The lowest BCUT2D eigenvalue weighted by Crippen LogP contribution is -2.48. The summed E-state index contributed by atoms with van der Waals surface area (Å²) in [5, 5.41) is 21.9. The number of carbonyl (C=O) groups is 2. The van der Waals surface area contributed by atoms with Crippen molar-refractivity contribution in [3.63, 3.8) is 0 Å². The van der Waals surface area contributed by atoms with E-state index in [1.165, 1.54) is 24.3 Å². The van der Waals surface area contributed by atoms with Crippen LogP contribution >= 0.6 is 0 Å². The fourth-order valence-electron chi connectivity index (χ4n) is 2.31. The quantitative estimate of drug-likeness (QED) is 0.356. The van der Waals surface area contributed by atoms with Gasteiger partial charge in [-0.3, -0.25) is 14.9 Å². The fraction of sp³-hybridized carbons (Fsp3) is 0.263. The molecule has 7 nitrogen and oxygen atoms in total. The molecule has 0 amide bonds. The Balaban J connectivity index is 2.12. The van der Waals surface area contributed by atoms with Crippen LogP contribution in [-0.4, -0.2) is 41.3 Å².